The first-order chi connectivity index (χ1) is 5.45. The van der Waals surface area contributed by atoms with Crippen molar-refractivity contribution in [1.29, 1.82) is 10.8 Å². The van der Waals surface area contributed by atoms with Crippen molar-refractivity contribution in [3.8, 4) is 0 Å². The number of rotatable bonds is 0. The van der Waals surface area contributed by atoms with E-state index in [4.69, 9.17) is 26.5 Å². The van der Waals surface area contributed by atoms with Gasteiger partial charge >= 0.3 is 0 Å². The van der Waals surface area contributed by atoms with Crippen LogP contribution in [-0.4, -0.2) is 42.5 Å². The molecule has 0 heterocycles. The minimum Gasteiger partial charge on any atom is -0.483 e. The Kier molecular flexibility index (Phi) is 14.2. The van der Waals surface area contributed by atoms with Crippen molar-refractivity contribution in [3.63, 3.8) is 0 Å². The standard InChI is InChI=1S/C4H11N5.CH2O2.ClH/c1-9(2)4(7)8-3(5)6;2-1-3;/h1-2H3,(H5,5,6,7,8);1H,(H,2,3);1H. The van der Waals surface area contributed by atoms with Crippen LogP contribution < -0.4 is 11.1 Å². The van der Waals surface area contributed by atoms with E-state index in [1.807, 2.05) is 0 Å². The van der Waals surface area contributed by atoms with E-state index in [1.54, 1.807) is 14.1 Å². The number of carboxylic acid groups (broad SMARTS) is 1. The Hall–Kier alpha value is -1.50. The molecule has 0 aliphatic heterocycles. The second-order valence-corrected chi connectivity index (χ2v) is 1.89. The molecule has 0 amide bonds. The van der Waals surface area contributed by atoms with E-state index in [-0.39, 0.29) is 30.8 Å². The van der Waals surface area contributed by atoms with Gasteiger partial charge in [0.05, 0.1) is 0 Å². The highest BCUT2D eigenvalue weighted by Gasteiger charge is 1.96. The lowest BCUT2D eigenvalue weighted by atomic mass is 10.8. The molecule has 0 radical (unpaired) electrons. The molecule has 0 spiro atoms. The van der Waals surface area contributed by atoms with Gasteiger partial charge in [-0.05, 0) is 0 Å². The zero-order chi connectivity index (χ0) is 10.1. The molecule has 0 fully saturated rings. The smallest absolute Gasteiger partial charge is 0.290 e. The summed E-state index contributed by atoms with van der Waals surface area (Å²) in [6.45, 7) is -0.250. The maximum Gasteiger partial charge on any atom is 0.290 e. The second kappa shape index (κ2) is 10.5. The summed E-state index contributed by atoms with van der Waals surface area (Å²) >= 11 is 0. The molecule has 0 saturated carbocycles. The predicted molar refractivity (Wildman–Crippen MR) is 52.4 cm³/mol. The normalized spacial score (nSPS) is 6.62. The van der Waals surface area contributed by atoms with E-state index in [1.165, 1.54) is 4.90 Å². The summed E-state index contributed by atoms with van der Waals surface area (Å²) in [6.07, 6.45) is 0. The Bertz CT molecular complexity index is 172. The van der Waals surface area contributed by atoms with Crippen molar-refractivity contribution in [1.82, 2.24) is 10.2 Å². The van der Waals surface area contributed by atoms with Gasteiger partial charge in [0.1, 0.15) is 0 Å². The van der Waals surface area contributed by atoms with E-state index in [0.29, 0.717) is 0 Å². The first-order valence-electron chi connectivity index (χ1n) is 2.90. The Morgan fingerprint density at radius 3 is 1.92 bits per heavy atom. The average molecular weight is 212 g/mol. The van der Waals surface area contributed by atoms with Gasteiger partial charge in [0.2, 0.25) is 0 Å². The van der Waals surface area contributed by atoms with Crippen molar-refractivity contribution >= 4 is 30.8 Å². The van der Waals surface area contributed by atoms with Gasteiger partial charge < -0.3 is 15.7 Å². The van der Waals surface area contributed by atoms with Crippen molar-refractivity contribution in [2.75, 3.05) is 14.1 Å². The molecule has 0 aromatic heterocycles. The Balaban J connectivity index is -0.000000220. The maximum atomic E-state index is 8.36. The summed E-state index contributed by atoms with van der Waals surface area (Å²) in [4.78, 5) is 9.88. The van der Waals surface area contributed by atoms with Crippen molar-refractivity contribution in [2.24, 2.45) is 5.73 Å². The molecule has 0 rings (SSSR count). The predicted octanol–water partition coefficient (Wildman–Crippen LogP) is -0.912. The third kappa shape index (κ3) is 18.0. The van der Waals surface area contributed by atoms with E-state index in [9.17, 15) is 0 Å². The van der Waals surface area contributed by atoms with Crippen LogP contribution in [-0.2, 0) is 4.79 Å². The van der Waals surface area contributed by atoms with Crippen LogP contribution in [0.15, 0.2) is 0 Å². The molecule has 6 N–H and O–H groups in total. The summed E-state index contributed by atoms with van der Waals surface area (Å²) in [5, 5.41) is 23.0. The fourth-order valence-electron chi connectivity index (χ4n) is 0.239. The summed E-state index contributed by atoms with van der Waals surface area (Å²) < 4.78 is 0. The van der Waals surface area contributed by atoms with Crippen LogP contribution in [0.5, 0.6) is 0 Å². The molecule has 0 bridgehead atoms. The first-order valence-corrected chi connectivity index (χ1v) is 2.90. The van der Waals surface area contributed by atoms with Gasteiger partial charge in [-0.3, -0.25) is 20.9 Å². The largest absolute Gasteiger partial charge is 0.483 e. The van der Waals surface area contributed by atoms with Crippen LogP contribution in [0, 0.1) is 10.8 Å². The molecule has 8 heteroatoms. The Morgan fingerprint density at radius 1 is 1.54 bits per heavy atom. The van der Waals surface area contributed by atoms with Crippen molar-refractivity contribution < 1.29 is 9.90 Å². The molecule has 0 atom stereocenters. The lowest BCUT2D eigenvalue weighted by Gasteiger charge is -2.13. The second-order valence-electron chi connectivity index (χ2n) is 1.89. The third-order valence-corrected chi connectivity index (χ3v) is 0.700. The quantitative estimate of drug-likeness (QED) is 0.201. The number of nitrogens with two attached hydrogens (primary N) is 1. The fraction of sp³-hybridized carbons (Fsp3) is 0.400. The molecule has 78 valence electrons. The SMILES string of the molecule is CN(C)C(=N)NC(=N)N.Cl.O=CO. The number of hydrogen-bond donors (Lipinski definition) is 5. The Morgan fingerprint density at radius 2 is 1.85 bits per heavy atom. The summed E-state index contributed by atoms with van der Waals surface area (Å²) in [5.41, 5.74) is 4.94. The van der Waals surface area contributed by atoms with Crippen molar-refractivity contribution in [3.05, 3.63) is 0 Å². The summed E-state index contributed by atoms with van der Waals surface area (Å²) in [5.74, 6) is -0.101. The van der Waals surface area contributed by atoms with Crippen molar-refractivity contribution in [2.45, 2.75) is 0 Å². The highest BCUT2D eigenvalue weighted by molar-refractivity contribution is 5.94. The molecule has 0 aromatic rings. The van der Waals surface area contributed by atoms with E-state index >= 15 is 0 Å². The van der Waals surface area contributed by atoms with Crippen LogP contribution >= 0.6 is 12.4 Å². The minimum absolute atomic E-state index is 0. The van der Waals surface area contributed by atoms with Gasteiger partial charge in [-0.15, -0.1) is 12.4 Å². The van der Waals surface area contributed by atoms with Gasteiger partial charge in [-0.2, -0.15) is 0 Å². The van der Waals surface area contributed by atoms with Crippen LogP contribution in [0.3, 0.4) is 0 Å². The zero-order valence-electron chi connectivity index (χ0n) is 7.37. The number of nitrogens with zero attached hydrogens (tertiary/aromatic N) is 1. The molecule has 0 unspecified atom stereocenters. The maximum absolute atomic E-state index is 8.36. The van der Waals surface area contributed by atoms with Gasteiger partial charge in [0.15, 0.2) is 11.9 Å². The van der Waals surface area contributed by atoms with Gasteiger partial charge in [-0.1, -0.05) is 0 Å². The number of carbonyl (C=O) groups is 1. The molecule has 13 heavy (non-hydrogen) atoms. The van der Waals surface area contributed by atoms with E-state index in [0.717, 1.165) is 0 Å². The van der Waals surface area contributed by atoms with Crippen LogP contribution in [0.1, 0.15) is 0 Å². The molecule has 0 aromatic carbocycles. The number of hydrogen-bond acceptors (Lipinski definition) is 3. The highest BCUT2D eigenvalue weighted by Crippen LogP contribution is 1.70. The molecule has 0 aliphatic rings. The average Bonchev–Trinajstić information content (AvgIpc) is 1.87. The third-order valence-electron chi connectivity index (χ3n) is 0.700. The molecule has 0 saturated heterocycles. The monoisotopic (exact) mass is 211 g/mol. The first kappa shape index (κ1) is 17.5. The lowest BCUT2D eigenvalue weighted by Crippen LogP contribution is -2.42. The van der Waals surface area contributed by atoms with Crippen LogP contribution in [0.25, 0.3) is 0 Å². The number of nitrogens with one attached hydrogen (secondary N) is 3. The summed E-state index contributed by atoms with van der Waals surface area (Å²) in [6, 6.07) is 0. The fourth-order valence-corrected chi connectivity index (χ4v) is 0.239. The van der Waals surface area contributed by atoms with Crippen LogP contribution in [0.4, 0.5) is 0 Å². The van der Waals surface area contributed by atoms with E-state index in [2.05, 4.69) is 5.32 Å². The minimum atomic E-state index is -0.250. The zero-order valence-corrected chi connectivity index (χ0v) is 8.18. The highest BCUT2D eigenvalue weighted by atomic mass is 35.5. The van der Waals surface area contributed by atoms with Gasteiger partial charge in [-0.25, -0.2) is 0 Å². The molecule has 0 aliphatic carbocycles. The molecule has 7 nitrogen and oxygen atoms in total. The van der Waals surface area contributed by atoms with Gasteiger partial charge in [0.25, 0.3) is 6.47 Å². The van der Waals surface area contributed by atoms with Gasteiger partial charge in [0, 0.05) is 14.1 Å². The van der Waals surface area contributed by atoms with Crippen LogP contribution in [0.2, 0.25) is 0 Å². The topological polar surface area (TPSA) is 126 Å². The molecular weight excluding hydrogens is 198 g/mol. The van der Waals surface area contributed by atoms with E-state index < -0.39 is 0 Å². The molecular formula is C5H14ClN5O2. The summed E-state index contributed by atoms with van der Waals surface area (Å²) in [7, 11) is 3.39. The lowest BCUT2D eigenvalue weighted by molar-refractivity contribution is -0.122. The Labute approximate surface area is 82.3 Å². The number of guanidine groups is 2. The number of halogens is 1.